The molecule has 0 spiro atoms. The summed E-state index contributed by atoms with van der Waals surface area (Å²) in [4.78, 5) is 12.2. The molecule has 2 N–H and O–H groups in total. The molecule has 1 aliphatic heterocycles. The van der Waals surface area contributed by atoms with E-state index >= 15 is 0 Å². The Kier molecular flexibility index (Phi) is 5.76. The summed E-state index contributed by atoms with van der Waals surface area (Å²) in [5, 5.41) is 17.7. The first-order valence-corrected chi connectivity index (χ1v) is 8.80. The van der Waals surface area contributed by atoms with Crippen molar-refractivity contribution in [1.82, 2.24) is 15.1 Å². The summed E-state index contributed by atoms with van der Waals surface area (Å²) in [5.41, 5.74) is 0.198. The van der Waals surface area contributed by atoms with Gasteiger partial charge in [0.25, 0.3) is 5.91 Å². The van der Waals surface area contributed by atoms with Crippen LogP contribution in [-0.2, 0) is 9.47 Å². The van der Waals surface area contributed by atoms with E-state index in [-0.39, 0.29) is 22.7 Å². The van der Waals surface area contributed by atoms with Gasteiger partial charge in [0.1, 0.15) is 6.04 Å². The number of carbonyl (C=O) groups is 1. The number of carbonyl (C=O) groups excluding carboxylic acids is 1. The predicted octanol–water partition coefficient (Wildman–Crippen LogP) is 1.75. The van der Waals surface area contributed by atoms with Crippen LogP contribution in [0.25, 0.3) is 0 Å². The van der Waals surface area contributed by atoms with E-state index in [0.717, 1.165) is 38.9 Å². The van der Waals surface area contributed by atoms with Crippen LogP contribution in [0.3, 0.4) is 0 Å². The van der Waals surface area contributed by atoms with Crippen molar-refractivity contribution in [1.29, 1.82) is 0 Å². The van der Waals surface area contributed by atoms with Gasteiger partial charge in [0.2, 0.25) is 0 Å². The van der Waals surface area contributed by atoms with E-state index in [1.165, 1.54) is 7.11 Å². The minimum Gasteiger partial charge on any atom is -0.381 e. The maximum absolute atomic E-state index is 12.2. The van der Waals surface area contributed by atoms with Crippen molar-refractivity contribution >= 4 is 17.5 Å². The molecule has 7 nitrogen and oxygen atoms in total. The molecule has 0 aromatic carbocycles. The number of halogens is 1. The highest BCUT2D eigenvalue weighted by Gasteiger charge is 2.30. The van der Waals surface area contributed by atoms with Gasteiger partial charge in [-0.05, 0) is 38.0 Å². The average Bonchev–Trinajstić information content (AvgIpc) is 3.32. The largest absolute Gasteiger partial charge is 0.381 e. The maximum atomic E-state index is 12.2. The van der Waals surface area contributed by atoms with Crippen LogP contribution in [0.4, 0.5) is 0 Å². The summed E-state index contributed by atoms with van der Waals surface area (Å²) in [5.74, 6) is 0.151. The molecule has 1 amide bonds. The van der Waals surface area contributed by atoms with Gasteiger partial charge in [0.05, 0.1) is 5.02 Å². The molecule has 3 rings (SSSR count). The number of methoxy groups -OCH3 is 1. The number of rotatable bonds is 7. The van der Waals surface area contributed by atoms with Crippen LogP contribution in [0.1, 0.15) is 48.6 Å². The van der Waals surface area contributed by atoms with E-state index in [1.54, 1.807) is 10.9 Å². The summed E-state index contributed by atoms with van der Waals surface area (Å²) in [6, 6.07) is -0.153. The van der Waals surface area contributed by atoms with Crippen molar-refractivity contribution in [3.63, 3.8) is 0 Å². The van der Waals surface area contributed by atoms with E-state index in [1.807, 2.05) is 0 Å². The number of amides is 1. The first kappa shape index (κ1) is 17.7. The van der Waals surface area contributed by atoms with E-state index in [9.17, 15) is 9.90 Å². The van der Waals surface area contributed by atoms with E-state index in [0.29, 0.717) is 12.3 Å². The number of hydrogen-bond donors (Lipinski definition) is 2. The average molecular weight is 358 g/mol. The summed E-state index contributed by atoms with van der Waals surface area (Å²) in [7, 11) is 1.45. The SMILES string of the molecule is COC(O)C(CC1CCOCC1)n1cc(Cl)c(C(=O)NC2CC2)n1. The molecule has 2 atom stereocenters. The Morgan fingerprint density at radius 1 is 1.50 bits per heavy atom. The van der Waals surface area contributed by atoms with Gasteiger partial charge < -0.3 is 19.9 Å². The number of aromatic nitrogens is 2. The summed E-state index contributed by atoms with van der Waals surface area (Å²) in [6.45, 7) is 1.46. The van der Waals surface area contributed by atoms with Crippen molar-refractivity contribution in [2.45, 2.75) is 50.5 Å². The first-order valence-electron chi connectivity index (χ1n) is 8.42. The molecule has 2 fully saturated rings. The Morgan fingerprint density at radius 2 is 2.21 bits per heavy atom. The minimum absolute atomic E-state index is 0.198. The van der Waals surface area contributed by atoms with Crippen LogP contribution < -0.4 is 5.32 Å². The fourth-order valence-electron chi connectivity index (χ4n) is 3.01. The molecule has 1 aliphatic carbocycles. The minimum atomic E-state index is -1.01. The topological polar surface area (TPSA) is 85.6 Å². The molecule has 2 unspecified atom stereocenters. The number of ether oxygens (including phenoxy) is 2. The second-order valence-corrected chi connectivity index (χ2v) is 6.95. The van der Waals surface area contributed by atoms with Gasteiger partial charge in [0.15, 0.2) is 12.0 Å². The van der Waals surface area contributed by atoms with Crippen molar-refractivity contribution in [3.8, 4) is 0 Å². The highest BCUT2D eigenvalue weighted by atomic mass is 35.5. The van der Waals surface area contributed by atoms with Gasteiger partial charge in [0, 0.05) is 32.6 Å². The van der Waals surface area contributed by atoms with Crippen LogP contribution >= 0.6 is 11.6 Å². The van der Waals surface area contributed by atoms with Crippen LogP contribution in [0.5, 0.6) is 0 Å². The Balaban J connectivity index is 1.74. The van der Waals surface area contributed by atoms with Gasteiger partial charge in [-0.25, -0.2) is 0 Å². The molecule has 1 saturated heterocycles. The van der Waals surface area contributed by atoms with Crippen molar-refractivity contribution in [2.75, 3.05) is 20.3 Å². The molecule has 8 heteroatoms. The Hall–Kier alpha value is -1.15. The molecule has 0 radical (unpaired) electrons. The molecule has 1 aromatic heterocycles. The van der Waals surface area contributed by atoms with E-state index in [4.69, 9.17) is 21.1 Å². The highest BCUT2D eigenvalue weighted by molar-refractivity contribution is 6.33. The van der Waals surface area contributed by atoms with Crippen molar-refractivity contribution in [3.05, 3.63) is 16.9 Å². The van der Waals surface area contributed by atoms with Gasteiger partial charge in [-0.2, -0.15) is 5.10 Å². The zero-order valence-corrected chi connectivity index (χ0v) is 14.5. The van der Waals surface area contributed by atoms with Crippen LogP contribution in [0, 0.1) is 5.92 Å². The number of nitrogens with zero attached hydrogens (tertiary/aromatic N) is 2. The Morgan fingerprint density at radius 3 is 2.83 bits per heavy atom. The molecule has 2 aliphatic rings. The van der Waals surface area contributed by atoms with Gasteiger partial charge in [-0.3, -0.25) is 9.48 Å². The van der Waals surface area contributed by atoms with Gasteiger partial charge >= 0.3 is 0 Å². The van der Waals surface area contributed by atoms with Crippen LogP contribution in [0.15, 0.2) is 6.20 Å². The molecule has 24 heavy (non-hydrogen) atoms. The summed E-state index contributed by atoms with van der Waals surface area (Å²) < 4.78 is 12.1. The standard InChI is InChI=1S/C16H24ClN3O4/c1-23-16(22)13(8-10-4-6-24-7-5-10)20-9-12(17)14(19-20)15(21)18-11-2-3-11/h9-11,13,16,22H,2-8H2,1H3,(H,18,21). The third kappa shape index (κ3) is 4.27. The van der Waals surface area contributed by atoms with Crippen LogP contribution in [0.2, 0.25) is 5.02 Å². The molecular formula is C16H24ClN3O4. The zero-order chi connectivity index (χ0) is 17.1. The number of aliphatic hydroxyl groups is 1. The third-order valence-electron chi connectivity index (χ3n) is 4.64. The lowest BCUT2D eigenvalue weighted by atomic mass is 9.92. The second kappa shape index (κ2) is 7.82. The fraction of sp³-hybridized carbons (Fsp3) is 0.750. The Bertz CT molecular complexity index is 570. The van der Waals surface area contributed by atoms with Crippen molar-refractivity contribution < 1.29 is 19.4 Å². The van der Waals surface area contributed by atoms with E-state index < -0.39 is 12.3 Å². The quantitative estimate of drug-likeness (QED) is 0.726. The van der Waals surface area contributed by atoms with E-state index in [2.05, 4.69) is 10.4 Å². The zero-order valence-electron chi connectivity index (χ0n) is 13.8. The third-order valence-corrected chi connectivity index (χ3v) is 4.92. The van der Waals surface area contributed by atoms with Crippen molar-refractivity contribution in [2.24, 2.45) is 5.92 Å². The smallest absolute Gasteiger partial charge is 0.273 e. The van der Waals surface area contributed by atoms with Crippen LogP contribution in [-0.4, -0.2) is 53.4 Å². The number of nitrogens with one attached hydrogen (secondary N) is 1. The summed E-state index contributed by atoms with van der Waals surface area (Å²) in [6.07, 6.45) is 5.16. The monoisotopic (exact) mass is 357 g/mol. The number of aliphatic hydroxyl groups excluding tert-OH is 1. The molecule has 1 aromatic rings. The normalized spacial score (nSPS) is 21.5. The lowest BCUT2D eigenvalue weighted by Crippen LogP contribution is -2.31. The first-order chi connectivity index (χ1) is 11.6. The molecule has 1 saturated carbocycles. The lowest BCUT2D eigenvalue weighted by Gasteiger charge is -2.29. The predicted molar refractivity (Wildman–Crippen MR) is 87.9 cm³/mol. The maximum Gasteiger partial charge on any atom is 0.273 e. The second-order valence-electron chi connectivity index (χ2n) is 6.54. The Labute approximate surface area is 146 Å². The molecule has 2 heterocycles. The molecule has 134 valence electrons. The molecular weight excluding hydrogens is 334 g/mol. The molecule has 0 bridgehead atoms. The lowest BCUT2D eigenvalue weighted by molar-refractivity contribution is -0.116. The number of hydrogen-bond acceptors (Lipinski definition) is 5. The fourth-order valence-corrected chi connectivity index (χ4v) is 3.23. The highest BCUT2D eigenvalue weighted by Crippen LogP contribution is 2.30. The van der Waals surface area contributed by atoms with Gasteiger partial charge in [-0.1, -0.05) is 11.6 Å². The van der Waals surface area contributed by atoms with Gasteiger partial charge in [-0.15, -0.1) is 0 Å². The summed E-state index contributed by atoms with van der Waals surface area (Å²) >= 11 is 6.19.